The molecule has 5 rings (SSSR count). The van der Waals surface area contributed by atoms with Crippen molar-refractivity contribution in [2.75, 3.05) is 39.0 Å². The number of hydrogen-bond donors (Lipinski definition) is 2. The van der Waals surface area contributed by atoms with Gasteiger partial charge < -0.3 is 20.1 Å². The largest absolute Gasteiger partial charge is 0.350 e. The Morgan fingerprint density at radius 2 is 1.87 bits per heavy atom. The summed E-state index contributed by atoms with van der Waals surface area (Å²) in [6, 6.07) is 7.70. The monoisotopic (exact) mass is 573 g/mol. The molecule has 0 spiro atoms. The molecule has 3 heterocycles. The summed E-state index contributed by atoms with van der Waals surface area (Å²) in [5.74, 6) is -0.376. The molecule has 1 aliphatic rings. The van der Waals surface area contributed by atoms with Gasteiger partial charge in [-0.2, -0.15) is 4.98 Å². The van der Waals surface area contributed by atoms with Crippen LogP contribution in [0.5, 0.6) is 0 Å². The van der Waals surface area contributed by atoms with Crippen LogP contribution in [0.2, 0.25) is 10.0 Å². The molecule has 206 valence electrons. The van der Waals surface area contributed by atoms with Crippen LogP contribution in [-0.2, 0) is 19.5 Å². The van der Waals surface area contributed by atoms with Crippen LogP contribution < -0.4 is 10.6 Å². The van der Waals surface area contributed by atoms with Crippen LogP contribution in [0.15, 0.2) is 36.5 Å². The molecular formula is C28H31Cl2F2N7. The average molecular weight is 575 g/mol. The van der Waals surface area contributed by atoms with Crippen molar-refractivity contribution in [2.24, 2.45) is 5.92 Å². The van der Waals surface area contributed by atoms with E-state index < -0.39 is 11.6 Å². The average Bonchev–Trinajstić information content (AvgIpc) is 3.25. The Balaban J connectivity index is 1.51. The Morgan fingerprint density at radius 1 is 1.08 bits per heavy atom. The Kier molecular flexibility index (Phi) is 8.61. The van der Waals surface area contributed by atoms with Gasteiger partial charge in [-0.1, -0.05) is 29.3 Å². The van der Waals surface area contributed by atoms with E-state index in [1.807, 2.05) is 26.2 Å². The van der Waals surface area contributed by atoms with Crippen LogP contribution >= 0.6 is 23.2 Å². The van der Waals surface area contributed by atoms with Crippen LogP contribution in [0.3, 0.4) is 0 Å². The number of benzene rings is 2. The first-order valence-electron chi connectivity index (χ1n) is 13.0. The molecule has 39 heavy (non-hydrogen) atoms. The van der Waals surface area contributed by atoms with E-state index in [9.17, 15) is 8.78 Å². The first-order chi connectivity index (χ1) is 18.8. The van der Waals surface area contributed by atoms with Crippen LogP contribution in [0, 0.1) is 17.6 Å². The van der Waals surface area contributed by atoms with Gasteiger partial charge in [-0.05, 0) is 87.8 Å². The maximum atomic E-state index is 13.6. The number of likely N-dealkylation sites (N-methyl/N-ethyl adjacent to an activating group) is 1. The maximum absolute atomic E-state index is 13.6. The highest BCUT2D eigenvalue weighted by molar-refractivity contribution is 6.39. The fraction of sp³-hybridized carbons (Fsp3) is 0.393. The lowest BCUT2D eigenvalue weighted by Gasteiger charge is -2.24. The van der Waals surface area contributed by atoms with Gasteiger partial charge in [0.1, 0.15) is 11.3 Å². The van der Waals surface area contributed by atoms with E-state index in [2.05, 4.69) is 25.1 Å². The van der Waals surface area contributed by atoms with Gasteiger partial charge in [0.2, 0.25) is 5.95 Å². The molecule has 0 unspecified atom stereocenters. The molecular weight excluding hydrogens is 543 g/mol. The molecule has 7 nitrogen and oxygen atoms in total. The third-order valence-electron chi connectivity index (χ3n) is 6.94. The number of fused-ring (bicyclic) bond motifs is 1. The molecule has 0 saturated carbocycles. The zero-order valence-corrected chi connectivity index (χ0v) is 23.5. The van der Waals surface area contributed by atoms with Gasteiger partial charge in [0, 0.05) is 19.6 Å². The van der Waals surface area contributed by atoms with Crippen molar-refractivity contribution in [3.05, 3.63) is 69.3 Å². The van der Waals surface area contributed by atoms with Crippen molar-refractivity contribution in [1.29, 1.82) is 0 Å². The number of halogens is 4. The number of nitrogens with one attached hydrogen (secondary N) is 2. The van der Waals surface area contributed by atoms with Gasteiger partial charge in [-0.25, -0.2) is 18.7 Å². The van der Waals surface area contributed by atoms with Gasteiger partial charge in [-0.15, -0.1) is 0 Å². The second-order valence-electron chi connectivity index (χ2n) is 10.3. The van der Waals surface area contributed by atoms with E-state index in [4.69, 9.17) is 33.2 Å². The summed E-state index contributed by atoms with van der Waals surface area (Å²) < 4.78 is 29.0. The SMILES string of the molecule is CN(C)CCc1cc(Cl)c(-c2nc3cnc(NCc4ccc(F)c(F)c4)nc3n2C[C@@H]2CCCNC2)c(Cl)c1. The van der Waals surface area contributed by atoms with Gasteiger partial charge in [0.25, 0.3) is 0 Å². The molecule has 1 atom stereocenters. The number of hydrogen-bond acceptors (Lipinski definition) is 6. The summed E-state index contributed by atoms with van der Waals surface area (Å²) in [4.78, 5) is 16.2. The number of anilines is 1. The molecule has 2 aromatic carbocycles. The Bertz CT molecular complexity index is 1450. The van der Waals surface area contributed by atoms with E-state index in [0.29, 0.717) is 56.6 Å². The number of aromatic nitrogens is 4. The highest BCUT2D eigenvalue weighted by Gasteiger charge is 2.23. The van der Waals surface area contributed by atoms with Crippen molar-refractivity contribution in [1.82, 2.24) is 29.7 Å². The third-order valence-corrected chi connectivity index (χ3v) is 7.53. The third kappa shape index (κ3) is 6.49. The number of imidazole rings is 1. The highest BCUT2D eigenvalue weighted by Crippen LogP contribution is 2.37. The first kappa shape index (κ1) is 27.7. The van der Waals surface area contributed by atoms with Crippen molar-refractivity contribution >= 4 is 40.3 Å². The molecule has 4 aromatic rings. The predicted octanol–water partition coefficient (Wildman–Crippen LogP) is 5.79. The molecule has 0 bridgehead atoms. The first-order valence-corrected chi connectivity index (χ1v) is 13.8. The van der Waals surface area contributed by atoms with Gasteiger partial charge in [0.15, 0.2) is 17.3 Å². The summed E-state index contributed by atoms with van der Waals surface area (Å²) in [6.07, 6.45) is 4.67. The Morgan fingerprint density at radius 3 is 2.56 bits per heavy atom. The zero-order valence-electron chi connectivity index (χ0n) is 21.9. The fourth-order valence-corrected chi connectivity index (χ4v) is 5.57. The normalized spacial score (nSPS) is 15.8. The maximum Gasteiger partial charge on any atom is 0.225 e. The standard InChI is InChI=1S/C28H31Cl2F2N7/c1-38(2)9-7-17-10-20(29)25(21(30)11-17)27-36-24-15-35-28(34-14-18-5-6-22(31)23(32)12-18)37-26(24)39(27)16-19-4-3-8-33-13-19/h5-6,10-12,15,19,33H,3-4,7-9,13-14,16H2,1-2H3,(H,34,35,37)/t19-/m1/s1. The number of nitrogens with zero attached hydrogens (tertiary/aromatic N) is 5. The highest BCUT2D eigenvalue weighted by atomic mass is 35.5. The quantitative estimate of drug-likeness (QED) is 0.264. The minimum absolute atomic E-state index is 0.238. The topological polar surface area (TPSA) is 70.9 Å². The summed E-state index contributed by atoms with van der Waals surface area (Å²) >= 11 is 13.7. The van der Waals surface area contributed by atoms with Gasteiger partial charge in [0.05, 0.1) is 21.8 Å². The summed E-state index contributed by atoms with van der Waals surface area (Å²) in [7, 11) is 4.06. The van der Waals surface area contributed by atoms with Crippen molar-refractivity contribution in [3.8, 4) is 11.4 Å². The zero-order chi connectivity index (χ0) is 27.5. The van der Waals surface area contributed by atoms with Crippen molar-refractivity contribution < 1.29 is 8.78 Å². The molecule has 1 saturated heterocycles. The van der Waals surface area contributed by atoms with E-state index in [0.717, 1.165) is 56.6 Å². The molecule has 1 aliphatic heterocycles. The molecule has 0 amide bonds. The van der Waals surface area contributed by atoms with Crippen molar-refractivity contribution in [3.63, 3.8) is 0 Å². The summed E-state index contributed by atoms with van der Waals surface area (Å²) in [5, 5.41) is 7.67. The minimum atomic E-state index is -0.893. The van der Waals surface area contributed by atoms with E-state index in [-0.39, 0.29) is 6.54 Å². The molecule has 1 fully saturated rings. The van der Waals surface area contributed by atoms with Gasteiger partial charge >= 0.3 is 0 Å². The molecule has 2 aromatic heterocycles. The summed E-state index contributed by atoms with van der Waals surface area (Å²) in [5.41, 5.74) is 3.58. The molecule has 0 radical (unpaired) electrons. The molecule has 2 N–H and O–H groups in total. The molecule has 0 aliphatic carbocycles. The second kappa shape index (κ2) is 12.1. The Labute approximate surface area is 236 Å². The Hall–Kier alpha value is -2.85. The number of rotatable bonds is 9. The lowest BCUT2D eigenvalue weighted by Crippen LogP contribution is -2.32. The minimum Gasteiger partial charge on any atom is -0.350 e. The van der Waals surface area contributed by atoms with Crippen LogP contribution in [0.4, 0.5) is 14.7 Å². The summed E-state index contributed by atoms with van der Waals surface area (Å²) in [6.45, 7) is 3.72. The lowest BCUT2D eigenvalue weighted by atomic mass is 9.99. The van der Waals surface area contributed by atoms with E-state index in [1.54, 1.807) is 6.20 Å². The van der Waals surface area contributed by atoms with E-state index >= 15 is 0 Å². The van der Waals surface area contributed by atoms with Crippen LogP contribution in [0.25, 0.3) is 22.6 Å². The smallest absolute Gasteiger partial charge is 0.225 e. The molecule has 11 heteroatoms. The van der Waals surface area contributed by atoms with Gasteiger partial charge in [-0.3, -0.25) is 0 Å². The van der Waals surface area contributed by atoms with Crippen molar-refractivity contribution in [2.45, 2.75) is 32.4 Å². The van der Waals surface area contributed by atoms with Crippen LogP contribution in [0.1, 0.15) is 24.0 Å². The van der Waals surface area contributed by atoms with E-state index in [1.165, 1.54) is 6.07 Å². The van der Waals surface area contributed by atoms with Crippen LogP contribution in [-0.4, -0.2) is 58.1 Å². The lowest BCUT2D eigenvalue weighted by molar-refractivity contribution is 0.341. The second-order valence-corrected chi connectivity index (χ2v) is 11.1. The fourth-order valence-electron chi connectivity index (χ4n) is 4.87. The number of piperidine rings is 1. The predicted molar refractivity (Wildman–Crippen MR) is 152 cm³/mol.